The van der Waals surface area contributed by atoms with Crippen LogP contribution in [0.25, 0.3) is 0 Å². The number of benzene rings is 1. The zero-order valence-corrected chi connectivity index (χ0v) is 12.6. The van der Waals surface area contributed by atoms with Crippen molar-refractivity contribution < 1.29 is 4.52 Å². The number of hydrogen-bond donors (Lipinski definition) is 1. The van der Waals surface area contributed by atoms with Gasteiger partial charge in [0.15, 0.2) is 5.82 Å². The van der Waals surface area contributed by atoms with Crippen LogP contribution in [0.4, 0.5) is 0 Å². The zero-order valence-electron chi connectivity index (χ0n) is 12.6. The Balaban J connectivity index is 1.51. The van der Waals surface area contributed by atoms with E-state index in [-0.39, 0.29) is 0 Å². The summed E-state index contributed by atoms with van der Waals surface area (Å²) in [5, 5.41) is 7.61. The molecule has 2 unspecified atom stereocenters. The molecule has 3 rings (SSSR count). The van der Waals surface area contributed by atoms with Gasteiger partial charge >= 0.3 is 0 Å². The van der Waals surface area contributed by atoms with Gasteiger partial charge in [0.2, 0.25) is 5.89 Å². The van der Waals surface area contributed by atoms with Crippen LogP contribution < -0.4 is 5.32 Å². The topological polar surface area (TPSA) is 51.0 Å². The predicted molar refractivity (Wildman–Crippen MR) is 81.8 cm³/mol. The minimum atomic E-state index is 0.596. The number of rotatable bonds is 5. The van der Waals surface area contributed by atoms with Crippen molar-refractivity contribution in [2.24, 2.45) is 5.92 Å². The van der Waals surface area contributed by atoms with E-state index in [1.165, 1.54) is 31.2 Å². The summed E-state index contributed by atoms with van der Waals surface area (Å²) in [5.41, 5.74) is 1.21. The monoisotopic (exact) mass is 285 g/mol. The first-order valence-corrected chi connectivity index (χ1v) is 7.88. The van der Waals surface area contributed by atoms with E-state index in [9.17, 15) is 0 Å². The highest BCUT2D eigenvalue weighted by Gasteiger charge is 2.19. The summed E-state index contributed by atoms with van der Waals surface area (Å²) in [6.45, 7) is 3.01. The van der Waals surface area contributed by atoms with Crippen LogP contribution in [0.2, 0.25) is 0 Å². The Labute approximate surface area is 126 Å². The Hall–Kier alpha value is -1.68. The maximum absolute atomic E-state index is 5.33. The fourth-order valence-corrected chi connectivity index (χ4v) is 3.06. The van der Waals surface area contributed by atoms with Gasteiger partial charge in [0.1, 0.15) is 0 Å². The van der Waals surface area contributed by atoms with E-state index in [0.717, 1.165) is 18.2 Å². The second kappa shape index (κ2) is 6.85. The molecule has 1 saturated carbocycles. The van der Waals surface area contributed by atoms with E-state index in [0.29, 0.717) is 18.5 Å². The zero-order chi connectivity index (χ0) is 14.5. The molecule has 112 valence electrons. The maximum Gasteiger partial charge on any atom is 0.240 e. The van der Waals surface area contributed by atoms with E-state index in [1.54, 1.807) is 0 Å². The quantitative estimate of drug-likeness (QED) is 0.915. The van der Waals surface area contributed by atoms with Crippen molar-refractivity contribution >= 4 is 0 Å². The van der Waals surface area contributed by atoms with E-state index >= 15 is 0 Å². The average Bonchev–Trinajstić information content (AvgIpc) is 2.94. The van der Waals surface area contributed by atoms with E-state index in [2.05, 4.69) is 34.5 Å². The van der Waals surface area contributed by atoms with Crippen molar-refractivity contribution in [1.29, 1.82) is 0 Å². The molecule has 4 heteroatoms. The summed E-state index contributed by atoms with van der Waals surface area (Å²) in [4.78, 5) is 4.47. The van der Waals surface area contributed by atoms with Crippen molar-refractivity contribution in [3.05, 3.63) is 47.6 Å². The minimum absolute atomic E-state index is 0.596. The van der Waals surface area contributed by atoms with Gasteiger partial charge in [0, 0.05) is 12.5 Å². The summed E-state index contributed by atoms with van der Waals surface area (Å²) in [6.07, 6.45) is 5.92. The molecule has 4 nitrogen and oxygen atoms in total. The molecule has 1 N–H and O–H groups in total. The molecule has 0 bridgehead atoms. The van der Waals surface area contributed by atoms with Gasteiger partial charge in [-0.2, -0.15) is 4.98 Å². The molecule has 2 atom stereocenters. The lowest BCUT2D eigenvalue weighted by molar-refractivity contribution is 0.284. The molecule has 0 spiro atoms. The fourth-order valence-electron chi connectivity index (χ4n) is 3.06. The number of hydrogen-bond acceptors (Lipinski definition) is 4. The molecule has 21 heavy (non-hydrogen) atoms. The van der Waals surface area contributed by atoms with Crippen molar-refractivity contribution in [3.8, 4) is 0 Å². The molecule has 2 aromatic rings. The Bertz CT molecular complexity index is 552. The third kappa shape index (κ3) is 4.14. The van der Waals surface area contributed by atoms with Gasteiger partial charge in [-0.25, -0.2) is 0 Å². The highest BCUT2D eigenvalue weighted by atomic mass is 16.5. The molecule has 1 aliphatic rings. The van der Waals surface area contributed by atoms with Crippen LogP contribution in [0.3, 0.4) is 0 Å². The summed E-state index contributed by atoms with van der Waals surface area (Å²) in [5.74, 6) is 2.28. The van der Waals surface area contributed by atoms with Crippen molar-refractivity contribution in [2.45, 2.75) is 51.6 Å². The van der Waals surface area contributed by atoms with Gasteiger partial charge in [-0.1, -0.05) is 55.3 Å². The third-order valence-electron chi connectivity index (χ3n) is 4.19. The molecule has 1 aromatic heterocycles. The van der Waals surface area contributed by atoms with Crippen LogP contribution in [-0.2, 0) is 13.0 Å². The van der Waals surface area contributed by atoms with Crippen LogP contribution in [-0.4, -0.2) is 16.2 Å². The van der Waals surface area contributed by atoms with Crippen LogP contribution in [0.5, 0.6) is 0 Å². The summed E-state index contributed by atoms with van der Waals surface area (Å²) in [6, 6.07) is 10.8. The van der Waals surface area contributed by atoms with Gasteiger partial charge in [-0.05, 0) is 24.3 Å². The molecule has 1 fully saturated rings. The SMILES string of the molecule is CC1CCCC(NCc2nc(Cc3ccccc3)no2)C1. The second-order valence-electron chi connectivity index (χ2n) is 6.12. The summed E-state index contributed by atoms with van der Waals surface area (Å²) >= 11 is 0. The highest BCUT2D eigenvalue weighted by Crippen LogP contribution is 2.23. The second-order valence-corrected chi connectivity index (χ2v) is 6.12. The Morgan fingerprint density at radius 2 is 2.10 bits per heavy atom. The first-order chi connectivity index (χ1) is 10.3. The van der Waals surface area contributed by atoms with Crippen LogP contribution in [0.15, 0.2) is 34.9 Å². The lowest BCUT2D eigenvalue weighted by atomic mass is 9.87. The van der Waals surface area contributed by atoms with E-state index in [4.69, 9.17) is 4.52 Å². The molecular formula is C17H23N3O. The largest absolute Gasteiger partial charge is 0.338 e. The number of nitrogens with one attached hydrogen (secondary N) is 1. The van der Waals surface area contributed by atoms with Crippen molar-refractivity contribution in [3.63, 3.8) is 0 Å². The first kappa shape index (κ1) is 14.3. The van der Waals surface area contributed by atoms with Gasteiger partial charge in [0.25, 0.3) is 0 Å². The normalized spacial score (nSPS) is 22.3. The molecule has 1 aromatic carbocycles. The van der Waals surface area contributed by atoms with Crippen LogP contribution in [0.1, 0.15) is 49.9 Å². The minimum Gasteiger partial charge on any atom is -0.338 e. The number of aromatic nitrogens is 2. The summed E-state index contributed by atoms with van der Waals surface area (Å²) in [7, 11) is 0. The van der Waals surface area contributed by atoms with E-state index < -0.39 is 0 Å². The fraction of sp³-hybridized carbons (Fsp3) is 0.529. The molecular weight excluding hydrogens is 262 g/mol. The lowest BCUT2D eigenvalue weighted by Gasteiger charge is -2.26. The molecule has 1 heterocycles. The Kier molecular flexibility index (Phi) is 4.65. The standard InChI is InChI=1S/C17H23N3O/c1-13-6-5-9-15(10-13)18-12-17-19-16(20-21-17)11-14-7-3-2-4-8-14/h2-4,7-8,13,15,18H,5-6,9-12H2,1H3. The Morgan fingerprint density at radius 1 is 1.24 bits per heavy atom. The van der Waals surface area contributed by atoms with Crippen LogP contribution >= 0.6 is 0 Å². The van der Waals surface area contributed by atoms with Gasteiger partial charge in [-0.3, -0.25) is 0 Å². The number of nitrogens with zero attached hydrogens (tertiary/aromatic N) is 2. The highest BCUT2D eigenvalue weighted by molar-refractivity contribution is 5.18. The maximum atomic E-state index is 5.33. The molecule has 0 aliphatic heterocycles. The summed E-state index contributed by atoms with van der Waals surface area (Å²) < 4.78 is 5.33. The molecule has 0 radical (unpaired) electrons. The smallest absolute Gasteiger partial charge is 0.240 e. The van der Waals surface area contributed by atoms with E-state index in [1.807, 2.05) is 18.2 Å². The van der Waals surface area contributed by atoms with Crippen molar-refractivity contribution in [2.75, 3.05) is 0 Å². The lowest BCUT2D eigenvalue weighted by Crippen LogP contribution is -2.33. The van der Waals surface area contributed by atoms with Gasteiger partial charge in [0.05, 0.1) is 6.54 Å². The Morgan fingerprint density at radius 3 is 2.90 bits per heavy atom. The van der Waals surface area contributed by atoms with Gasteiger partial charge < -0.3 is 9.84 Å². The average molecular weight is 285 g/mol. The van der Waals surface area contributed by atoms with Crippen molar-refractivity contribution in [1.82, 2.24) is 15.5 Å². The molecule has 0 amide bonds. The molecule has 0 saturated heterocycles. The van der Waals surface area contributed by atoms with Crippen LogP contribution in [0, 0.1) is 5.92 Å². The van der Waals surface area contributed by atoms with Gasteiger partial charge in [-0.15, -0.1) is 0 Å². The predicted octanol–water partition coefficient (Wildman–Crippen LogP) is 3.33. The third-order valence-corrected chi connectivity index (χ3v) is 4.19. The molecule has 1 aliphatic carbocycles. The first-order valence-electron chi connectivity index (χ1n) is 7.88.